The highest BCUT2D eigenvalue weighted by atomic mass is 32.2. The van der Waals surface area contributed by atoms with Crippen molar-refractivity contribution < 1.29 is 14.4 Å². The van der Waals surface area contributed by atoms with Gasteiger partial charge in [-0.05, 0) is 54.1 Å². The van der Waals surface area contributed by atoms with Crippen LogP contribution in [0.3, 0.4) is 0 Å². The van der Waals surface area contributed by atoms with Gasteiger partial charge in [0.15, 0.2) is 0 Å². The summed E-state index contributed by atoms with van der Waals surface area (Å²) in [6.45, 7) is 0. The fourth-order valence-electron chi connectivity index (χ4n) is 3.47. The number of carbonyl (C=O) groups is 3. The number of nitrogens with one attached hydrogen (secondary N) is 3. The summed E-state index contributed by atoms with van der Waals surface area (Å²) in [6, 6.07) is 32.0. The largest absolute Gasteiger partial charge is 0.366 e. The molecule has 4 rings (SSSR count). The zero-order valence-corrected chi connectivity index (χ0v) is 20.0. The molecule has 7 nitrogen and oxygen atoms in total. The molecule has 8 heteroatoms. The molecule has 4 aromatic carbocycles. The zero-order valence-electron chi connectivity index (χ0n) is 19.2. The van der Waals surface area contributed by atoms with Crippen LogP contribution in [-0.2, 0) is 4.79 Å². The maximum atomic E-state index is 13.3. The average Bonchev–Trinajstić information content (AvgIpc) is 2.89. The van der Waals surface area contributed by atoms with Crippen molar-refractivity contribution in [3.05, 3.63) is 120 Å². The quantitative estimate of drug-likeness (QED) is 0.227. The van der Waals surface area contributed by atoms with E-state index in [1.807, 2.05) is 60.7 Å². The Morgan fingerprint density at radius 3 is 1.83 bits per heavy atom. The standard InChI is InChI=1S/C28H24N4O3S/c29-26(33)23-13-7-8-14-24(23)32-27(34)25(19-9-3-1-4-10-19)36-22-17-15-21(16-18-22)31-28(35)30-20-11-5-2-6-12-20/h1-18,25H,(H2,29,33)(H,32,34)(H2,30,31,35). The summed E-state index contributed by atoms with van der Waals surface area (Å²) < 4.78 is 0. The SMILES string of the molecule is NC(=O)c1ccccc1NC(=O)C(Sc1ccc(NC(=O)Nc2ccccc2)cc1)c1ccccc1. The third-order valence-corrected chi connectivity index (χ3v) is 6.45. The molecule has 5 N–H and O–H groups in total. The van der Waals surface area contributed by atoms with Crippen molar-refractivity contribution in [1.29, 1.82) is 0 Å². The van der Waals surface area contributed by atoms with E-state index in [2.05, 4.69) is 16.0 Å². The fourth-order valence-corrected chi connectivity index (χ4v) is 4.50. The van der Waals surface area contributed by atoms with Crippen molar-refractivity contribution in [1.82, 2.24) is 0 Å². The molecule has 0 radical (unpaired) electrons. The monoisotopic (exact) mass is 496 g/mol. The second-order valence-corrected chi connectivity index (χ2v) is 8.96. The van der Waals surface area contributed by atoms with E-state index in [1.165, 1.54) is 11.8 Å². The number of amides is 4. The maximum Gasteiger partial charge on any atom is 0.323 e. The van der Waals surface area contributed by atoms with Crippen LogP contribution in [0.4, 0.5) is 21.9 Å². The third kappa shape index (κ3) is 6.52. The summed E-state index contributed by atoms with van der Waals surface area (Å²) >= 11 is 1.36. The highest BCUT2D eigenvalue weighted by Crippen LogP contribution is 2.37. The van der Waals surface area contributed by atoms with Crippen LogP contribution < -0.4 is 21.7 Å². The summed E-state index contributed by atoms with van der Waals surface area (Å²) in [5.74, 6) is -0.904. The summed E-state index contributed by atoms with van der Waals surface area (Å²) in [7, 11) is 0. The fraction of sp³-hybridized carbons (Fsp3) is 0.0357. The average molecular weight is 497 g/mol. The summed E-state index contributed by atoms with van der Waals surface area (Å²) in [5, 5.41) is 7.82. The van der Waals surface area contributed by atoms with E-state index in [9.17, 15) is 14.4 Å². The van der Waals surface area contributed by atoms with Crippen LogP contribution in [0.2, 0.25) is 0 Å². The Morgan fingerprint density at radius 2 is 1.19 bits per heavy atom. The molecule has 4 aromatic rings. The van der Waals surface area contributed by atoms with E-state index in [1.54, 1.807) is 48.5 Å². The Hall–Kier alpha value is -4.56. The van der Waals surface area contributed by atoms with Gasteiger partial charge in [-0.2, -0.15) is 0 Å². The van der Waals surface area contributed by atoms with E-state index < -0.39 is 11.2 Å². The molecule has 0 fully saturated rings. The number of nitrogens with two attached hydrogens (primary N) is 1. The molecule has 0 aliphatic rings. The summed E-state index contributed by atoms with van der Waals surface area (Å²) in [5.41, 5.74) is 8.18. The van der Waals surface area contributed by atoms with E-state index in [0.29, 0.717) is 17.1 Å². The number of para-hydroxylation sites is 2. The molecule has 1 atom stereocenters. The lowest BCUT2D eigenvalue weighted by Crippen LogP contribution is -2.22. The van der Waals surface area contributed by atoms with Gasteiger partial charge in [-0.1, -0.05) is 60.7 Å². The number of hydrogen-bond donors (Lipinski definition) is 4. The van der Waals surface area contributed by atoms with Crippen LogP contribution in [0.1, 0.15) is 21.2 Å². The first kappa shape index (κ1) is 24.6. The number of primary amides is 1. The minimum atomic E-state index is -0.616. The molecule has 180 valence electrons. The number of benzene rings is 4. The number of thioether (sulfide) groups is 1. The summed E-state index contributed by atoms with van der Waals surface area (Å²) in [4.78, 5) is 38.2. The van der Waals surface area contributed by atoms with Gasteiger partial charge >= 0.3 is 6.03 Å². The Kier molecular flexibility index (Phi) is 8.00. The lowest BCUT2D eigenvalue weighted by Gasteiger charge is -2.18. The van der Waals surface area contributed by atoms with E-state index in [4.69, 9.17) is 5.73 Å². The van der Waals surface area contributed by atoms with E-state index >= 15 is 0 Å². The van der Waals surface area contributed by atoms with Gasteiger partial charge in [0.25, 0.3) is 5.91 Å². The first-order chi connectivity index (χ1) is 17.5. The molecular weight excluding hydrogens is 472 g/mol. The number of anilines is 3. The molecule has 4 amide bonds. The highest BCUT2D eigenvalue weighted by molar-refractivity contribution is 8.00. The van der Waals surface area contributed by atoms with Crippen LogP contribution in [0.5, 0.6) is 0 Å². The normalized spacial score (nSPS) is 11.2. The van der Waals surface area contributed by atoms with Gasteiger partial charge in [-0.25, -0.2) is 4.79 Å². The predicted octanol–water partition coefficient (Wildman–Crippen LogP) is 5.90. The van der Waals surface area contributed by atoms with Crippen molar-refractivity contribution in [2.75, 3.05) is 16.0 Å². The third-order valence-electron chi connectivity index (χ3n) is 5.19. The molecule has 0 aliphatic carbocycles. The smallest absolute Gasteiger partial charge is 0.323 e. The molecule has 0 saturated carbocycles. The Morgan fingerprint density at radius 1 is 0.639 bits per heavy atom. The van der Waals surface area contributed by atoms with Crippen LogP contribution in [0.15, 0.2) is 114 Å². The van der Waals surface area contributed by atoms with Crippen LogP contribution in [0.25, 0.3) is 0 Å². The number of carbonyl (C=O) groups excluding carboxylic acids is 3. The minimum absolute atomic E-state index is 0.242. The second-order valence-electron chi connectivity index (χ2n) is 7.78. The van der Waals surface area contributed by atoms with Crippen molar-refractivity contribution in [3.63, 3.8) is 0 Å². The van der Waals surface area contributed by atoms with Gasteiger partial charge in [0.2, 0.25) is 5.91 Å². The van der Waals surface area contributed by atoms with Crippen molar-refractivity contribution in [2.45, 2.75) is 10.1 Å². The van der Waals surface area contributed by atoms with E-state index in [-0.39, 0.29) is 17.5 Å². The molecule has 0 saturated heterocycles. The first-order valence-electron chi connectivity index (χ1n) is 11.1. The first-order valence-corrected chi connectivity index (χ1v) is 12.0. The highest BCUT2D eigenvalue weighted by Gasteiger charge is 2.23. The van der Waals surface area contributed by atoms with Crippen LogP contribution in [-0.4, -0.2) is 17.8 Å². The molecule has 0 aliphatic heterocycles. The van der Waals surface area contributed by atoms with Crippen LogP contribution >= 0.6 is 11.8 Å². The zero-order chi connectivity index (χ0) is 25.3. The Labute approximate surface area is 213 Å². The Bertz CT molecular complexity index is 1350. The molecule has 0 bridgehead atoms. The predicted molar refractivity (Wildman–Crippen MR) is 144 cm³/mol. The number of urea groups is 1. The lowest BCUT2D eigenvalue weighted by atomic mass is 10.1. The lowest BCUT2D eigenvalue weighted by molar-refractivity contribution is -0.115. The van der Waals surface area contributed by atoms with Gasteiger partial charge in [0.1, 0.15) is 5.25 Å². The van der Waals surface area contributed by atoms with Gasteiger partial charge in [-0.3, -0.25) is 9.59 Å². The van der Waals surface area contributed by atoms with E-state index in [0.717, 1.165) is 10.5 Å². The molecule has 36 heavy (non-hydrogen) atoms. The van der Waals surface area contributed by atoms with Gasteiger partial charge < -0.3 is 21.7 Å². The van der Waals surface area contributed by atoms with Crippen molar-refractivity contribution in [2.24, 2.45) is 5.73 Å². The van der Waals surface area contributed by atoms with Gasteiger partial charge in [0, 0.05) is 16.3 Å². The molecular formula is C28H24N4O3S. The number of hydrogen-bond acceptors (Lipinski definition) is 4. The molecule has 0 heterocycles. The second kappa shape index (κ2) is 11.7. The molecule has 0 spiro atoms. The molecule has 0 aromatic heterocycles. The maximum absolute atomic E-state index is 13.3. The topological polar surface area (TPSA) is 113 Å². The van der Waals surface area contributed by atoms with Crippen molar-refractivity contribution >= 4 is 46.7 Å². The molecule has 1 unspecified atom stereocenters. The van der Waals surface area contributed by atoms with Gasteiger partial charge in [-0.15, -0.1) is 11.8 Å². The minimum Gasteiger partial charge on any atom is -0.366 e. The van der Waals surface area contributed by atoms with Crippen LogP contribution in [0, 0.1) is 0 Å². The number of rotatable bonds is 8. The summed E-state index contributed by atoms with van der Waals surface area (Å²) in [6.07, 6.45) is 0. The Balaban J connectivity index is 1.48. The van der Waals surface area contributed by atoms with Gasteiger partial charge in [0.05, 0.1) is 11.3 Å². The van der Waals surface area contributed by atoms with Crippen molar-refractivity contribution in [3.8, 4) is 0 Å².